The Bertz CT molecular complexity index is 435. The predicted octanol–water partition coefficient (Wildman–Crippen LogP) is 3.59. The topological polar surface area (TPSA) is 20.3 Å². The summed E-state index contributed by atoms with van der Waals surface area (Å²) in [6.07, 6.45) is 2.14. The molecule has 17 heavy (non-hydrogen) atoms. The lowest BCUT2D eigenvalue weighted by molar-refractivity contribution is 0.0754. The molecule has 2 nitrogen and oxygen atoms in total. The number of amides is 1. The van der Waals surface area contributed by atoms with Gasteiger partial charge in [0.2, 0.25) is 0 Å². The summed E-state index contributed by atoms with van der Waals surface area (Å²) < 4.78 is 13.4. The fourth-order valence-corrected chi connectivity index (χ4v) is 2.48. The SMILES string of the molecule is O=C(c1ccc(F)c(Br)c1)N(CCBr)C1CC1. The summed E-state index contributed by atoms with van der Waals surface area (Å²) >= 11 is 6.45. The summed E-state index contributed by atoms with van der Waals surface area (Å²) in [6, 6.07) is 4.76. The van der Waals surface area contributed by atoms with Gasteiger partial charge in [0.25, 0.3) is 5.91 Å². The van der Waals surface area contributed by atoms with E-state index in [1.807, 2.05) is 4.90 Å². The van der Waals surface area contributed by atoms with Crippen LogP contribution in [-0.4, -0.2) is 28.7 Å². The molecule has 0 bridgehead atoms. The highest BCUT2D eigenvalue weighted by Crippen LogP contribution is 2.29. The van der Waals surface area contributed by atoms with Crippen molar-refractivity contribution in [1.29, 1.82) is 0 Å². The molecule has 0 saturated heterocycles. The maximum absolute atomic E-state index is 13.1. The molecule has 0 heterocycles. The third-order valence-electron chi connectivity index (χ3n) is 2.74. The Morgan fingerprint density at radius 2 is 2.18 bits per heavy atom. The van der Waals surface area contributed by atoms with Gasteiger partial charge in [-0.1, -0.05) is 15.9 Å². The van der Waals surface area contributed by atoms with Crippen LogP contribution < -0.4 is 0 Å². The monoisotopic (exact) mass is 363 g/mol. The van der Waals surface area contributed by atoms with Gasteiger partial charge in [-0.25, -0.2) is 4.39 Å². The zero-order valence-electron chi connectivity index (χ0n) is 9.13. The second-order valence-electron chi connectivity index (χ2n) is 4.05. The summed E-state index contributed by atoms with van der Waals surface area (Å²) in [5.41, 5.74) is 0.533. The van der Waals surface area contributed by atoms with Gasteiger partial charge in [0, 0.05) is 23.5 Å². The van der Waals surface area contributed by atoms with Crippen LogP contribution in [0, 0.1) is 5.82 Å². The molecule has 1 aromatic carbocycles. The molecule has 2 rings (SSSR count). The second-order valence-corrected chi connectivity index (χ2v) is 5.69. The molecule has 1 amide bonds. The molecule has 1 fully saturated rings. The van der Waals surface area contributed by atoms with Gasteiger partial charge < -0.3 is 4.90 Å². The molecule has 1 aliphatic rings. The predicted molar refractivity (Wildman–Crippen MR) is 72.0 cm³/mol. The first-order valence-corrected chi connectivity index (χ1v) is 7.37. The van der Waals surface area contributed by atoms with E-state index < -0.39 is 0 Å². The molecule has 0 aromatic heterocycles. The fraction of sp³-hybridized carbons (Fsp3) is 0.417. The van der Waals surface area contributed by atoms with E-state index in [1.54, 1.807) is 6.07 Å². The van der Waals surface area contributed by atoms with Crippen molar-refractivity contribution in [2.24, 2.45) is 0 Å². The van der Waals surface area contributed by atoms with Crippen molar-refractivity contribution in [3.05, 3.63) is 34.1 Å². The van der Waals surface area contributed by atoms with E-state index in [9.17, 15) is 9.18 Å². The largest absolute Gasteiger partial charge is 0.335 e. The van der Waals surface area contributed by atoms with Gasteiger partial charge in [0.15, 0.2) is 0 Å². The number of rotatable bonds is 4. The average Bonchev–Trinajstić information content (AvgIpc) is 3.13. The van der Waals surface area contributed by atoms with Crippen molar-refractivity contribution in [2.75, 3.05) is 11.9 Å². The van der Waals surface area contributed by atoms with E-state index >= 15 is 0 Å². The lowest BCUT2D eigenvalue weighted by atomic mass is 10.2. The minimum Gasteiger partial charge on any atom is -0.335 e. The van der Waals surface area contributed by atoms with Gasteiger partial charge in [0.05, 0.1) is 4.47 Å². The molecule has 0 unspecified atom stereocenters. The Labute approximate surface area is 116 Å². The van der Waals surface area contributed by atoms with Crippen LogP contribution in [0.4, 0.5) is 4.39 Å². The Morgan fingerprint density at radius 3 is 2.71 bits per heavy atom. The van der Waals surface area contributed by atoms with Gasteiger partial charge in [-0.15, -0.1) is 0 Å². The van der Waals surface area contributed by atoms with Crippen LogP contribution in [0.3, 0.4) is 0 Å². The first kappa shape index (κ1) is 13.0. The first-order chi connectivity index (χ1) is 8.13. The third kappa shape index (κ3) is 3.07. The quantitative estimate of drug-likeness (QED) is 0.747. The van der Waals surface area contributed by atoms with Crippen LogP contribution in [0.5, 0.6) is 0 Å². The van der Waals surface area contributed by atoms with E-state index in [2.05, 4.69) is 31.9 Å². The molecule has 1 saturated carbocycles. The lowest BCUT2D eigenvalue weighted by Crippen LogP contribution is -2.34. The van der Waals surface area contributed by atoms with Crippen molar-refractivity contribution in [1.82, 2.24) is 4.90 Å². The minimum absolute atomic E-state index is 0.0207. The number of hydrogen-bond donors (Lipinski definition) is 0. The van der Waals surface area contributed by atoms with E-state index in [1.165, 1.54) is 12.1 Å². The Kier molecular flexibility index (Phi) is 4.20. The van der Waals surface area contributed by atoms with Gasteiger partial charge in [-0.3, -0.25) is 4.79 Å². The number of alkyl halides is 1. The maximum atomic E-state index is 13.1. The summed E-state index contributed by atoms with van der Waals surface area (Å²) in [4.78, 5) is 14.1. The normalized spacial score (nSPS) is 14.8. The number of hydrogen-bond acceptors (Lipinski definition) is 1. The molecular weight excluding hydrogens is 353 g/mol. The summed E-state index contributed by atoms with van der Waals surface area (Å²) in [5.74, 6) is -0.368. The Balaban J connectivity index is 2.19. The number of carbonyl (C=O) groups is 1. The zero-order chi connectivity index (χ0) is 12.4. The highest BCUT2D eigenvalue weighted by molar-refractivity contribution is 9.10. The third-order valence-corrected chi connectivity index (χ3v) is 3.70. The molecule has 92 valence electrons. The van der Waals surface area contributed by atoms with Gasteiger partial charge >= 0.3 is 0 Å². The molecule has 1 aromatic rings. The zero-order valence-corrected chi connectivity index (χ0v) is 12.3. The number of benzene rings is 1. The number of carbonyl (C=O) groups excluding carboxylic acids is 1. The van der Waals surface area contributed by atoms with Crippen LogP contribution in [0.15, 0.2) is 22.7 Å². The summed E-state index contributed by atoms with van der Waals surface area (Å²) in [7, 11) is 0. The van der Waals surface area contributed by atoms with Gasteiger partial charge in [-0.2, -0.15) is 0 Å². The summed E-state index contributed by atoms with van der Waals surface area (Å²) in [5, 5.41) is 0.762. The summed E-state index contributed by atoms with van der Waals surface area (Å²) in [6.45, 7) is 0.693. The van der Waals surface area contributed by atoms with E-state index in [-0.39, 0.29) is 11.7 Å². The fourth-order valence-electron chi connectivity index (χ4n) is 1.72. The second kappa shape index (κ2) is 5.48. The maximum Gasteiger partial charge on any atom is 0.254 e. The lowest BCUT2D eigenvalue weighted by Gasteiger charge is -2.21. The Hall–Kier alpha value is -0.420. The molecule has 1 aliphatic carbocycles. The molecule has 0 spiro atoms. The molecular formula is C12H12Br2FNO. The van der Waals surface area contributed by atoms with E-state index in [4.69, 9.17) is 0 Å². The van der Waals surface area contributed by atoms with E-state index in [0.29, 0.717) is 22.6 Å². The standard InChI is InChI=1S/C12H12Br2FNO/c13-5-6-16(9-2-3-9)12(17)8-1-4-11(15)10(14)7-8/h1,4,7,9H,2-3,5-6H2. The molecule has 0 aliphatic heterocycles. The van der Waals surface area contributed by atoms with Crippen LogP contribution in [0.25, 0.3) is 0 Å². The smallest absolute Gasteiger partial charge is 0.254 e. The molecule has 0 N–H and O–H groups in total. The minimum atomic E-state index is -0.347. The highest BCUT2D eigenvalue weighted by Gasteiger charge is 2.32. The van der Waals surface area contributed by atoms with Crippen LogP contribution in [-0.2, 0) is 0 Å². The number of halogens is 3. The van der Waals surface area contributed by atoms with Crippen molar-refractivity contribution in [2.45, 2.75) is 18.9 Å². The van der Waals surface area contributed by atoms with Crippen molar-refractivity contribution in [3.63, 3.8) is 0 Å². The van der Waals surface area contributed by atoms with Gasteiger partial charge in [0.1, 0.15) is 5.82 Å². The van der Waals surface area contributed by atoms with Crippen molar-refractivity contribution in [3.8, 4) is 0 Å². The van der Waals surface area contributed by atoms with Crippen LogP contribution in [0.2, 0.25) is 0 Å². The first-order valence-electron chi connectivity index (χ1n) is 5.45. The van der Waals surface area contributed by atoms with E-state index in [0.717, 1.165) is 18.2 Å². The van der Waals surface area contributed by atoms with Crippen LogP contribution >= 0.6 is 31.9 Å². The molecule has 0 radical (unpaired) electrons. The number of nitrogens with zero attached hydrogens (tertiary/aromatic N) is 1. The van der Waals surface area contributed by atoms with Crippen molar-refractivity contribution < 1.29 is 9.18 Å². The van der Waals surface area contributed by atoms with Gasteiger partial charge in [-0.05, 0) is 47.0 Å². The van der Waals surface area contributed by atoms with Crippen molar-refractivity contribution >= 4 is 37.8 Å². The Morgan fingerprint density at radius 1 is 1.47 bits per heavy atom. The average molecular weight is 365 g/mol. The highest BCUT2D eigenvalue weighted by atomic mass is 79.9. The van der Waals surface area contributed by atoms with Crippen LogP contribution in [0.1, 0.15) is 23.2 Å². The molecule has 0 atom stereocenters. The molecule has 5 heteroatoms.